The summed E-state index contributed by atoms with van der Waals surface area (Å²) in [6, 6.07) is 6.84. The maximum atomic E-state index is 12.4. The molecule has 2 aromatic rings. The molecule has 2 heterocycles. The number of aromatic nitrogens is 2. The standard InChI is InChI=1S/C15H16ClN5O3/c1-10-18-19-14(24-10)8-17-13(22)9-20-5-6-21(15(20)23)12-4-2-3-11(16)7-12/h2-4,7H,5-6,8-9H2,1H3,(H,17,22). The van der Waals surface area contributed by atoms with Gasteiger partial charge in [0.25, 0.3) is 0 Å². The number of carbonyl (C=O) groups excluding carboxylic acids is 2. The first-order chi connectivity index (χ1) is 11.5. The molecule has 1 saturated heterocycles. The molecule has 1 aliphatic heterocycles. The van der Waals surface area contributed by atoms with E-state index in [0.717, 1.165) is 5.69 Å². The highest BCUT2D eigenvalue weighted by Gasteiger charge is 2.30. The predicted octanol–water partition coefficient (Wildman–Crippen LogP) is 1.59. The van der Waals surface area contributed by atoms with Crippen LogP contribution in [0.25, 0.3) is 0 Å². The Morgan fingerprint density at radius 3 is 2.92 bits per heavy atom. The summed E-state index contributed by atoms with van der Waals surface area (Å²) in [5.41, 5.74) is 0.719. The summed E-state index contributed by atoms with van der Waals surface area (Å²) in [4.78, 5) is 27.5. The minimum absolute atomic E-state index is 0.0248. The Hall–Kier alpha value is -2.61. The fourth-order valence-corrected chi connectivity index (χ4v) is 2.61. The molecule has 3 rings (SSSR count). The summed E-state index contributed by atoms with van der Waals surface area (Å²) in [6.07, 6.45) is 0. The molecule has 3 amide bonds. The second-order valence-corrected chi connectivity index (χ2v) is 5.76. The Kier molecular flexibility index (Phi) is 4.66. The average Bonchev–Trinajstić information content (AvgIpc) is 3.12. The zero-order valence-electron chi connectivity index (χ0n) is 13.0. The summed E-state index contributed by atoms with van der Waals surface area (Å²) in [5.74, 6) is 0.479. The molecule has 1 fully saturated rings. The molecule has 9 heteroatoms. The van der Waals surface area contributed by atoms with E-state index < -0.39 is 0 Å². The van der Waals surface area contributed by atoms with Gasteiger partial charge < -0.3 is 14.6 Å². The molecule has 1 N–H and O–H groups in total. The Morgan fingerprint density at radius 1 is 1.38 bits per heavy atom. The van der Waals surface area contributed by atoms with Crippen LogP contribution in [-0.2, 0) is 11.3 Å². The number of anilines is 1. The smallest absolute Gasteiger partial charge is 0.325 e. The fourth-order valence-electron chi connectivity index (χ4n) is 2.43. The van der Waals surface area contributed by atoms with Crippen molar-refractivity contribution in [2.75, 3.05) is 24.5 Å². The van der Waals surface area contributed by atoms with Crippen molar-refractivity contribution in [2.45, 2.75) is 13.5 Å². The highest BCUT2D eigenvalue weighted by molar-refractivity contribution is 6.30. The van der Waals surface area contributed by atoms with Gasteiger partial charge in [-0.05, 0) is 18.2 Å². The maximum Gasteiger partial charge on any atom is 0.325 e. The van der Waals surface area contributed by atoms with Gasteiger partial charge in [0.15, 0.2) is 0 Å². The molecule has 0 spiro atoms. The van der Waals surface area contributed by atoms with Gasteiger partial charge in [-0.15, -0.1) is 10.2 Å². The van der Waals surface area contributed by atoms with Crippen LogP contribution in [-0.4, -0.2) is 46.7 Å². The number of nitrogens with one attached hydrogen (secondary N) is 1. The largest absolute Gasteiger partial charge is 0.424 e. The quantitative estimate of drug-likeness (QED) is 0.885. The van der Waals surface area contributed by atoms with E-state index in [-0.39, 0.29) is 25.0 Å². The van der Waals surface area contributed by atoms with E-state index in [1.807, 2.05) is 6.07 Å². The van der Waals surface area contributed by atoms with E-state index in [0.29, 0.717) is 29.9 Å². The first-order valence-corrected chi connectivity index (χ1v) is 7.78. The van der Waals surface area contributed by atoms with Gasteiger partial charge in [0.1, 0.15) is 6.54 Å². The van der Waals surface area contributed by atoms with Crippen LogP contribution >= 0.6 is 11.6 Å². The Balaban J connectivity index is 1.54. The Bertz CT molecular complexity index is 763. The second kappa shape index (κ2) is 6.88. The van der Waals surface area contributed by atoms with Crippen molar-refractivity contribution >= 4 is 29.2 Å². The lowest BCUT2D eigenvalue weighted by Crippen LogP contribution is -2.39. The molecule has 1 aromatic heterocycles. The van der Waals surface area contributed by atoms with E-state index in [4.69, 9.17) is 16.0 Å². The summed E-state index contributed by atoms with van der Waals surface area (Å²) < 4.78 is 5.17. The summed E-state index contributed by atoms with van der Waals surface area (Å²) in [5, 5.41) is 10.7. The van der Waals surface area contributed by atoms with E-state index in [1.165, 1.54) is 4.90 Å². The number of hydrogen-bond donors (Lipinski definition) is 1. The summed E-state index contributed by atoms with van der Waals surface area (Å²) in [7, 11) is 0. The highest BCUT2D eigenvalue weighted by atomic mass is 35.5. The third-order valence-electron chi connectivity index (χ3n) is 3.55. The first-order valence-electron chi connectivity index (χ1n) is 7.40. The average molecular weight is 350 g/mol. The van der Waals surface area contributed by atoms with Crippen LogP contribution in [0.5, 0.6) is 0 Å². The van der Waals surface area contributed by atoms with Crippen molar-refractivity contribution in [3.63, 3.8) is 0 Å². The SMILES string of the molecule is Cc1nnc(CNC(=O)CN2CCN(c3cccc(Cl)c3)C2=O)o1. The minimum atomic E-state index is -0.285. The van der Waals surface area contributed by atoms with Crippen molar-refractivity contribution < 1.29 is 14.0 Å². The van der Waals surface area contributed by atoms with Gasteiger partial charge in [-0.25, -0.2) is 4.79 Å². The zero-order chi connectivity index (χ0) is 17.1. The van der Waals surface area contributed by atoms with Crippen molar-refractivity contribution in [3.8, 4) is 0 Å². The van der Waals surface area contributed by atoms with E-state index in [9.17, 15) is 9.59 Å². The van der Waals surface area contributed by atoms with Gasteiger partial charge in [-0.3, -0.25) is 9.69 Å². The van der Waals surface area contributed by atoms with Crippen LogP contribution in [0, 0.1) is 6.92 Å². The molecule has 8 nitrogen and oxygen atoms in total. The molecule has 0 atom stereocenters. The van der Waals surface area contributed by atoms with Crippen LogP contribution in [0.15, 0.2) is 28.7 Å². The van der Waals surface area contributed by atoms with E-state index in [1.54, 1.807) is 30.0 Å². The van der Waals surface area contributed by atoms with E-state index in [2.05, 4.69) is 15.5 Å². The van der Waals surface area contributed by atoms with Crippen LogP contribution in [0.3, 0.4) is 0 Å². The third-order valence-corrected chi connectivity index (χ3v) is 3.79. The molecule has 0 unspecified atom stereocenters. The molecule has 24 heavy (non-hydrogen) atoms. The molecule has 126 valence electrons. The number of hydrogen-bond acceptors (Lipinski definition) is 5. The zero-order valence-corrected chi connectivity index (χ0v) is 13.8. The molecule has 1 aromatic carbocycles. The van der Waals surface area contributed by atoms with Crippen molar-refractivity contribution in [2.24, 2.45) is 0 Å². The maximum absolute atomic E-state index is 12.4. The summed E-state index contributed by atoms with van der Waals surface area (Å²) >= 11 is 5.96. The molecule has 0 aliphatic carbocycles. The monoisotopic (exact) mass is 349 g/mol. The number of aryl methyl sites for hydroxylation is 1. The lowest BCUT2D eigenvalue weighted by Gasteiger charge is -2.18. The minimum Gasteiger partial charge on any atom is -0.424 e. The van der Waals surface area contributed by atoms with Crippen molar-refractivity contribution in [3.05, 3.63) is 41.1 Å². The number of amides is 3. The molecule has 1 aliphatic rings. The van der Waals surface area contributed by atoms with Crippen LogP contribution in [0.1, 0.15) is 11.8 Å². The highest BCUT2D eigenvalue weighted by Crippen LogP contribution is 2.23. The Labute approximate surface area is 143 Å². The molecular weight excluding hydrogens is 334 g/mol. The summed E-state index contributed by atoms with van der Waals surface area (Å²) in [6.45, 7) is 2.77. The van der Waals surface area contributed by atoms with Gasteiger partial charge in [0.2, 0.25) is 17.7 Å². The van der Waals surface area contributed by atoms with Gasteiger partial charge in [-0.2, -0.15) is 0 Å². The molecule has 0 saturated carbocycles. The number of benzene rings is 1. The van der Waals surface area contributed by atoms with Crippen LogP contribution in [0.4, 0.5) is 10.5 Å². The van der Waals surface area contributed by atoms with Crippen LogP contribution in [0.2, 0.25) is 5.02 Å². The van der Waals surface area contributed by atoms with Gasteiger partial charge in [0, 0.05) is 30.7 Å². The van der Waals surface area contributed by atoms with Crippen molar-refractivity contribution in [1.82, 2.24) is 20.4 Å². The number of carbonyl (C=O) groups is 2. The third kappa shape index (κ3) is 3.65. The molecule has 0 radical (unpaired) electrons. The Morgan fingerprint density at radius 2 is 2.21 bits per heavy atom. The predicted molar refractivity (Wildman–Crippen MR) is 86.6 cm³/mol. The van der Waals surface area contributed by atoms with Gasteiger partial charge >= 0.3 is 6.03 Å². The van der Waals surface area contributed by atoms with Crippen molar-refractivity contribution in [1.29, 1.82) is 0 Å². The molecular formula is C15H16ClN5O3. The number of nitrogens with zero attached hydrogens (tertiary/aromatic N) is 4. The number of halogens is 1. The lowest BCUT2D eigenvalue weighted by molar-refractivity contribution is -0.121. The lowest BCUT2D eigenvalue weighted by atomic mass is 10.3. The van der Waals surface area contributed by atoms with Gasteiger partial charge in [-0.1, -0.05) is 17.7 Å². The number of rotatable bonds is 5. The first kappa shape index (κ1) is 16.3. The fraction of sp³-hybridized carbons (Fsp3) is 0.333. The number of urea groups is 1. The second-order valence-electron chi connectivity index (χ2n) is 5.33. The van der Waals surface area contributed by atoms with Gasteiger partial charge in [0.05, 0.1) is 6.54 Å². The van der Waals surface area contributed by atoms with Crippen LogP contribution < -0.4 is 10.2 Å². The molecule has 0 bridgehead atoms. The van der Waals surface area contributed by atoms with E-state index >= 15 is 0 Å². The topological polar surface area (TPSA) is 91.6 Å². The normalized spacial score (nSPS) is 14.3.